The average Bonchev–Trinajstić information content (AvgIpc) is 2.75. The molecule has 1 saturated carbocycles. The molecule has 0 saturated heterocycles. The van der Waals surface area contributed by atoms with E-state index in [1.807, 2.05) is 0 Å². The van der Waals surface area contributed by atoms with Crippen molar-refractivity contribution in [2.75, 3.05) is 0 Å². The Morgan fingerprint density at radius 2 is 1.52 bits per heavy atom. The molecule has 0 aliphatic heterocycles. The fraction of sp³-hybridized carbons (Fsp3) is 0.385. The summed E-state index contributed by atoms with van der Waals surface area (Å²) in [5.41, 5.74) is -0.0762. The van der Waals surface area contributed by atoms with Gasteiger partial charge in [-0.1, -0.05) is 31.6 Å². The minimum atomic E-state index is -2.84. The lowest BCUT2D eigenvalue weighted by molar-refractivity contribution is 0.200. The number of allylic oxidation sites excluding steroid dienone is 1. The standard InChI is InChI=1S/C26H24F6O/c1-2-3-16-4-7-18(8-5-16)19-14-21(27)20(22(28)15-19)9-6-17-12-23(29)26(24(30)13-17)33-11-10-25(31)32/h10-16,18,25H,2-5,7-8H2,1H3. The molecule has 33 heavy (non-hydrogen) atoms. The van der Waals surface area contributed by atoms with Crippen LogP contribution < -0.4 is 4.74 Å². The van der Waals surface area contributed by atoms with Crippen LogP contribution in [0, 0.1) is 41.0 Å². The van der Waals surface area contributed by atoms with Crippen LogP contribution in [-0.4, -0.2) is 6.43 Å². The summed E-state index contributed by atoms with van der Waals surface area (Å²) in [4.78, 5) is 0. The quantitative estimate of drug-likeness (QED) is 0.239. The normalized spacial score (nSPS) is 18.4. The van der Waals surface area contributed by atoms with Gasteiger partial charge in [0.25, 0.3) is 6.43 Å². The molecule has 0 aromatic heterocycles. The molecule has 1 aliphatic carbocycles. The molecule has 1 nitrogen and oxygen atoms in total. The van der Waals surface area contributed by atoms with Gasteiger partial charge in [-0.05, 0) is 67.3 Å². The number of halogens is 6. The lowest BCUT2D eigenvalue weighted by atomic mass is 9.77. The second-order valence-electron chi connectivity index (χ2n) is 8.17. The molecule has 0 N–H and O–H groups in total. The van der Waals surface area contributed by atoms with Crippen LogP contribution in [-0.2, 0) is 0 Å². The van der Waals surface area contributed by atoms with Crippen molar-refractivity contribution in [2.45, 2.75) is 57.8 Å². The molecular weight excluding hydrogens is 442 g/mol. The Balaban J connectivity index is 1.76. The lowest BCUT2D eigenvalue weighted by Crippen LogP contribution is -2.13. The van der Waals surface area contributed by atoms with E-state index in [1.54, 1.807) is 0 Å². The van der Waals surface area contributed by atoms with Gasteiger partial charge in [-0.15, -0.1) is 0 Å². The zero-order chi connectivity index (χ0) is 24.0. The minimum Gasteiger partial charge on any atom is -0.459 e. The Morgan fingerprint density at radius 3 is 2.06 bits per heavy atom. The highest BCUT2D eigenvalue weighted by atomic mass is 19.3. The van der Waals surface area contributed by atoms with Crippen molar-refractivity contribution in [1.29, 1.82) is 0 Å². The highest BCUT2D eigenvalue weighted by molar-refractivity contribution is 5.47. The Labute approximate surface area is 189 Å². The summed E-state index contributed by atoms with van der Waals surface area (Å²) in [6, 6.07) is 4.15. The largest absolute Gasteiger partial charge is 0.459 e. The Kier molecular flexibility index (Phi) is 8.49. The van der Waals surface area contributed by atoms with Gasteiger partial charge in [-0.25, -0.2) is 26.3 Å². The molecule has 0 spiro atoms. The van der Waals surface area contributed by atoms with E-state index in [4.69, 9.17) is 0 Å². The predicted octanol–water partition coefficient (Wildman–Crippen LogP) is 7.87. The second-order valence-corrected chi connectivity index (χ2v) is 8.17. The Hall–Kier alpha value is -2.88. The van der Waals surface area contributed by atoms with Crippen LogP contribution in [0.1, 0.15) is 68.1 Å². The van der Waals surface area contributed by atoms with Gasteiger partial charge in [0.05, 0.1) is 11.8 Å². The molecule has 3 rings (SSSR count). The van der Waals surface area contributed by atoms with Crippen molar-refractivity contribution in [3.8, 4) is 17.6 Å². The van der Waals surface area contributed by atoms with Gasteiger partial charge in [-0.3, -0.25) is 0 Å². The van der Waals surface area contributed by atoms with Gasteiger partial charge in [0.1, 0.15) is 11.6 Å². The first-order chi connectivity index (χ1) is 15.8. The lowest BCUT2D eigenvalue weighted by Gasteiger charge is -2.28. The van der Waals surface area contributed by atoms with Crippen molar-refractivity contribution in [3.63, 3.8) is 0 Å². The smallest absolute Gasteiger partial charge is 0.260 e. The molecule has 176 valence electrons. The molecule has 2 aromatic carbocycles. The van der Waals surface area contributed by atoms with Gasteiger partial charge in [0.15, 0.2) is 17.4 Å². The van der Waals surface area contributed by atoms with E-state index in [0.29, 0.717) is 23.8 Å². The summed E-state index contributed by atoms with van der Waals surface area (Å²) in [5, 5.41) is 0. The van der Waals surface area contributed by atoms with Crippen LogP contribution in [0.5, 0.6) is 5.75 Å². The second kappa shape index (κ2) is 11.3. The number of rotatable bonds is 6. The zero-order valence-corrected chi connectivity index (χ0v) is 18.1. The van der Waals surface area contributed by atoms with Gasteiger partial charge in [-0.2, -0.15) is 0 Å². The van der Waals surface area contributed by atoms with Gasteiger partial charge < -0.3 is 4.74 Å². The fourth-order valence-electron chi connectivity index (χ4n) is 4.19. The van der Waals surface area contributed by atoms with E-state index < -0.39 is 41.0 Å². The maximum atomic E-state index is 14.6. The summed E-state index contributed by atoms with van der Waals surface area (Å²) in [6.07, 6.45) is 4.10. The molecule has 7 heteroatoms. The van der Waals surface area contributed by atoms with Gasteiger partial charge >= 0.3 is 0 Å². The van der Waals surface area contributed by atoms with Crippen molar-refractivity contribution < 1.29 is 31.1 Å². The molecule has 2 aromatic rings. The van der Waals surface area contributed by atoms with Crippen LogP contribution in [0.25, 0.3) is 0 Å². The molecule has 0 bridgehead atoms. The molecular formula is C26H24F6O. The maximum absolute atomic E-state index is 14.6. The zero-order valence-electron chi connectivity index (χ0n) is 18.1. The molecule has 0 amide bonds. The highest BCUT2D eigenvalue weighted by Gasteiger charge is 2.23. The number of alkyl halides is 2. The Bertz CT molecular complexity index is 1010. The fourth-order valence-corrected chi connectivity index (χ4v) is 4.19. The summed E-state index contributed by atoms with van der Waals surface area (Å²) in [6.45, 7) is 2.15. The maximum Gasteiger partial charge on any atom is 0.260 e. The molecule has 1 aliphatic rings. The molecule has 0 atom stereocenters. The average molecular weight is 466 g/mol. The summed E-state index contributed by atoms with van der Waals surface area (Å²) >= 11 is 0. The summed E-state index contributed by atoms with van der Waals surface area (Å²) in [5.74, 6) is 0.493. The third-order valence-corrected chi connectivity index (χ3v) is 5.82. The van der Waals surface area contributed by atoms with Crippen molar-refractivity contribution >= 4 is 0 Å². The van der Waals surface area contributed by atoms with Gasteiger partial charge in [0.2, 0.25) is 0 Å². The first-order valence-electron chi connectivity index (χ1n) is 10.9. The predicted molar refractivity (Wildman–Crippen MR) is 114 cm³/mol. The third-order valence-electron chi connectivity index (χ3n) is 5.82. The van der Waals surface area contributed by atoms with Crippen LogP contribution in [0.4, 0.5) is 26.3 Å². The summed E-state index contributed by atoms with van der Waals surface area (Å²) in [7, 11) is 0. The summed E-state index contributed by atoms with van der Waals surface area (Å²) < 4.78 is 86.0. The number of hydrogen-bond donors (Lipinski definition) is 0. The van der Waals surface area contributed by atoms with Crippen molar-refractivity contribution in [3.05, 3.63) is 76.6 Å². The number of ether oxygens (including phenoxy) is 1. The van der Waals surface area contributed by atoms with E-state index in [-0.39, 0.29) is 11.5 Å². The van der Waals surface area contributed by atoms with Crippen LogP contribution in [0.2, 0.25) is 0 Å². The minimum absolute atomic E-state index is 0.0963. The van der Waals surface area contributed by atoms with Crippen molar-refractivity contribution in [1.82, 2.24) is 0 Å². The van der Waals surface area contributed by atoms with Gasteiger partial charge in [0, 0.05) is 11.6 Å². The van der Waals surface area contributed by atoms with E-state index in [9.17, 15) is 26.3 Å². The topological polar surface area (TPSA) is 9.23 Å². The Morgan fingerprint density at radius 1 is 0.909 bits per heavy atom. The first kappa shape index (κ1) is 24.8. The number of benzene rings is 2. The number of hydrogen-bond acceptors (Lipinski definition) is 1. The molecule has 1 fully saturated rings. The molecule has 0 radical (unpaired) electrons. The SMILES string of the molecule is CCCC1CCC(c2cc(F)c(C#Cc3cc(F)c(OC=CC(F)F)c(F)c3)c(F)c2)CC1. The van der Waals surface area contributed by atoms with E-state index in [0.717, 1.165) is 44.2 Å². The molecule has 0 unspecified atom stereocenters. The van der Waals surface area contributed by atoms with Crippen molar-refractivity contribution in [2.24, 2.45) is 5.92 Å². The third kappa shape index (κ3) is 6.56. The highest BCUT2D eigenvalue weighted by Crippen LogP contribution is 2.38. The van der Waals surface area contributed by atoms with E-state index in [1.165, 1.54) is 18.6 Å². The van der Waals surface area contributed by atoms with Crippen LogP contribution in [0.3, 0.4) is 0 Å². The van der Waals surface area contributed by atoms with E-state index >= 15 is 0 Å². The monoisotopic (exact) mass is 466 g/mol. The first-order valence-corrected chi connectivity index (χ1v) is 10.9. The van der Waals surface area contributed by atoms with Crippen LogP contribution in [0.15, 0.2) is 36.6 Å². The van der Waals surface area contributed by atoms with E-state index in [2.05, 4.69) is 23.5 Å². The molecule has 0 heterocycles. The van der Waals surface area contributed by atoms with Crippen LogP contribution >= 0.6 is 0 Å².